The lowest BCUT2D eigenvalue weighted by Crippen LogP contribution is -2.29. The molecule has 2 rings (SSSR count). The first-order chi connectivity index (χ1) is 9.16. The predicted octanol–water partition coefficient (Wildman–Crippen LogP) is -0.689. The molecule has 0 aromatic carbocycles. The van der Waals surface area contributed by atoms with Crippen LogP contribution in [0.3, 0.4) is 0 Å². The Hall–Kier alpha value is -1.28. The van der Waals surface area contributed by atoms with Crippen molar-refractivity contribution in [1.29, 1.82) is 0 Å². The van der Waals surface area contributed by atoms with Crippen LogP contribution in [0.1, 0.15) is 29.4 Å². The molecule has 1 aromatic rings. The van der Waals surface area contributed by atoms with Gasteiger partial charge in [0.05, 0.1) is 12.2 Å². The molecule has 0 radical (unpaired) electrons. The van der Waals surface area contributed by atoms with E-state index in [0.29, 0.717) is 24.0 Å². The normalized spacial score (nSPS) is 18.2. The predicted molar refractivity (Wildman–Crippen MR) is 72.4 cm³/mol. The number of piperidine rings is 1. The second-order valence-corrected chi connectivity index (χ2v) is 6.15. The van der Waals surface area contributed by atoms with Crippen LogP contribution in [0.25, 0.3) is 0 Å². The Morgan fingerprint density at radius 3 is 3.00 bits per heavy atom. The first-order valence-electron chi connectivity index (χ1n) is 6.37. The second-order valence-electron chi connectivity index (χ2n) is 4.60. The molecule has 0 saturated carbocycles. The number of nitrogens with zero attached hydrogens (tertiary/aromatic N) is 3. The van der Waals surface area contributed by atoms with Crippen molar-refractivity contribution >= 4 is 16.7 Å². The van der Waals surface area contributed by atoms with E-state index >= 15 is 0 Å². The summed E-state index contributed by atoms with van der Waals surface area (Å²) in [6.45, 7) is 2.32. The van der Waals surface area contributed by atoms with Gasteiger partial charge in [-0.15, -0.1) is 5.10 Å². The molecule has 2 N–H and O–H groups in total. The number of carbonyl (C=O) groups excluding carboxylic acids is 1. The van der Waals surface area contributed by atoms with E-state index in [4.69, 9.17) is 0 Å². The summed E-state index contributed by atoms with van der Waals surface area (Å²) in [6, 6.07) is 0.318. The molecule has 7 nitrogen and oxygen atoms in total. The van der Waals surface area contributed by atoms with Gasteiger partial charge in [-0.2, -0.15) is 0 Å². The number of carbonyl (C=O) groups is 1. The number of rotatable bonds is 5. The standard InChI is InChI=1S/C11H19N5O2S/c1-19(18)7-6-13-11(17)10-8-16(15-14-10)9-2-4-12-5-3-9/h8-9,12H,2-7H2,1H3,(H,13,17). The van der Waals surface area contributed by atoms with E-state index in [1.807, 2.05) is 0 Å². The molecule has 1 saturated heterocycles. The fourth-order valence-corrected chi connectivity index (χ4v) is 2.42. The molecule has 1 fully saturated rings. The van der Waals surface area contributed by atoms with Gasteiger partial charge in [0, 0.05) is 29.4 Å². The Labute approximate surface area is 114 Å². The van der Waals surface area contributed by atoms with E-state index in [9.17, 15) is 9.00 Å². The first-order valence-corrected chi connectivity index (χ1v) is 8.10. The molecular weight excluding hydrogens is 266 g/mol. The van der Waals surface area contributed by atoms with Gasteiger partial charge in [0.1, 0.15) is 0 Å². The van der Waals surface area contributed by atoms with E-state index in [-0.39, 0.29) is 5.91 Å². The van der Waals surface area contributed by atoms with E-state index in [2.05, 4.69) is 20.9 Å². The smallest absolute Gasteiger partial charge is 0.273 e. The molecule has 1 aliphatic rings. The number of hydrogen-bond donors (Lipinski definition) is 2. The van der Waals surface area contributed by atoms with E-state index in [1.54, 1.807) is 17.1 Å². The maximum absolute atomic E-state index is 11.8. The Morgan fingerprint density at radius 1 is 1.58 bits per heavy atom. The van der Waals surface area contributed by atoms with Gasteiger partial charge in [-0.05, 0) is 25.9 Å². The average molecular weight is 285 g/mol. The maximum Gasteiger partial charge on any atom is 0.273 e. The highest BCUT2D eigenvalue weighted by Gasteiger charge is 2.18. The second kappa shape index (κ2) is 6.76. The highest BCUT2D eigenvalue weighted by molar-refractivity contribution is 7.84. The Kier molecular flexibility index (Phi) is 5.03. The van der Waals surface area contributed by atoms with E-state index in [1.165, 1.54) is 0 Å². The Bertz CT molecular complexity index is 456. The van der Waals surface area contributed by atoms with Gasteiger partial charge in [0.15, 0.2) is 5.69 Å². The minimum Gasteiger partial charge on any atom is -0.350 e. The van der Waals surface area contributed by atoms with Crippen LogP contribution in [-0.4, -0.2) is 56.8 Å². The molecule has 0 bridgehead atoms. The highest BCUT2D eigenvalue weighted by atomic mass is 32.2. The van der Waals surface area contributed by atoms with Gasteiger partial charge in [-0.1, -0.05) is 5.21 Å². The fraction of sp³-hybridized carbons (Fsp3) is 0.727. The molecule has 0 spiro atoms. The summed E-state index contributed by atoms with van der Waals surface area (Å²) in [6.07, 6.45) is 5.30. The molecule has 106 valence electrons. The quantitative estimate of drug-likeness (QED) is 0.747. The molecule has 1 aromatic heterocycles. The summed E-state index contributed by atoms with van der Waals surface area (Å²) in [4.78, 5) is 11.8. The molecule has 8 heteroatoms. The summed E-state index contributed by atoms with van der Waals surface area (Å²) in [7, 11) is -0.900. The minimum absolute atomic E-state index is 0.259. The Balaban J connectivity index is 1.88. The van der Waals surface area contributed by atoms with Gasteiger partial charge < -0.3 is 10.6 Å². The SMILES string of the molecule is CS(=O)CCNC(=O)c1cn(C2CCNCC2)nn1. The molecule has 2 heterocycles. The fourth-order valence-electron chi connectivity index (χ4n) is 2.03. The largest absolute Gasteiger partial charge is 0.350 e. The number of nitrogens with one attached hydrogen (secondary N) is 2. The van der Waals surface area contributed by atoms with E-state index < -0.39 is 10.8 Å². The lowest BCUT2D eigenvalue weighted by molar-refractivity contribution is 0.0951. The van der Waals surface area contributed by atoms with Crippen molar-refractivity contribution < 1.29 is 9.00 Å². The maximum atomic E-state index is 11.8. The van der Waals surface area contributed by atoms with Crippen LogP contribution in [0.4, 0.5) is 0 Å². The monoisotopic (exact) mass is 285 g/mol. The van der Waals surface area contributed by atoms with Crippen molar-refractivity contribution in [3.8, 4) is 0 Å². The molecular formula is C11H19N5O2S. The summed E-state index contributed by atoms with van der Waals surface area (Å²) >= 11 is 0. The molecule has 1 aliphatic heterocycles. The number of amides is 1. The van der Waals surface area contributed by atoms with E-state index in [0.717, 1.165) is 25.9 Å². The van der Waals surface area contributed by atoms with Crippen molar-refractivity contribution in [2.24, 2.45) is 0 Å². The average Bonchev–Trinajstić information content (AvgIpc) is 2.89. The van der Waals surface area contributed by atoms with Gasteiger partial charge in [0.25, 0.3) is 5.91 Å². The van der Waals surface area contributed by atoms with Gasteiger partial charge >= 0.3 is 0 Å². The first kappa shape index (κ1) is 14.1. The summed E-state index contributed by atoms with van der Waals surface area (Å²) in [5.41, 5.74) is 0.320. The summed E-state index contributed by atoms with van der Waals surface area (Å²) < 4.78 is 12.7. The third-order valence-corrected chi connectivity index (χ3v) is 3.88. The highest BCUT2D eigenvalue weighted by Crippen LogP contribution is 2.16. The number of aromatic nitrogens is 3. The summed E-state index contributed by atoms with van der Waals surface area (Å²) in [5.74, 6) is 0.194. The third kappa shape index (κ3) is 4.10. The van der Waals surface area contributed by atoms with Crippen LogP contribution in [0.2, 0.25) is 0 Å². The third-order valence-electron chi connectivity index (χ3n) is 3.10. The van der Waals surface area contributed by atoms with Crippen molar-refractivity contribution in [3.63, 3.8) is 0 Å². The molecule has 0 aliphatic carbocycles. The van der Waals surface area contributed by atoms with Gasteiger partial charge in [0.2, 0.25) is 0 Å². The van der Waals surface area contributed by atoms with Gasteiger partial charge in [-0.25, -0.2) is 4.68 Å². The lowest BCUT2D eigenvalue weighted by Gasteiger charge is -2.22. The zero-order valence-corrected chi connectivity index (χ0v) is 11.8. The Morgan fingerprint density at radius 2 is 2.32 bits per heavy atom. The van der Waals surface area contributed by atoms with Crippen LogP contribution in [0, 0.1) is 0 Å². The van der Waals surface area contributed by atoms with Crippen molar-refractivity contribution in [3.05, 3.63) is 11.9 Å². The van der Waals surface area contributed by atoms with Gasteiger partial charge in [-0.3, -0.25) is 9.00 Å². The lowest BCUT2D eigenvalue weighted by atomic mass is 10.1. The zero-order chi connectivity index (χ0) is 13.7. The molecule has 1 unspecified atom stereocenters. The molecule has 1 amide bonds. The topological polar surface area (TPSA) is 88.9 Å². The van der Waals surface area contributed by atoms with Crippen LogP contribution < -0.4 is 10.6 Å². The van der Waals surface area contributed by atoms with Crippen molar-refractivity contribution in [1.82, 2.24) is 25.6 Å². The van der Waals surface area contributed by atoms with Crippen LogP contribution >= 0.6 is 0 Å². The molecule has 1 atom stereocenters. The molecule has 19 heavy (non-hydrogen) atoms. The van der Waals surface area contributed by atoms with Crippen LogP contribution in [0.5, 0.6) is 0 Å². The van der Waals surface area contributed by atoms with Crippen molar-refractivity contribution in [2.45, 2.75) is 18.9 Å². The van der Waals surface area contributed by atoms with Crippen LogP contribution in [0.15, 0.2) is 6.20 Å². The minimum atomic E-state index is -0.900. The van der Waals surface area contributed by atoms with Crippen molar-refractivity contribution in [2.75, 3.05) is 31.6 Å². The number of hydrogen-bond acceptors (Lipinski definition) is 5. The zero-order valence-electron chi connectivity index (χ0n) is 11.0. The summed E-state index contributed by atoms with van der Waals surface area (Å²) in [5, 5.41) is 13.9. The van der Waals surface area contributed by atoms with Crippen LogP contribution in [-0.2, 0) is 10.8 Å².